The molecule has 1 fully saturated rings. The summed E-state index contributed by atoms with van der Waals surface area (Å²) in [7, 11) is 0. The van der Waals surface area contributed by atoms with Crippen molar-refractivity contribution in [2.75, 3.05) is 13.1 Å². The zero-order valence-electron chi connectivity index (χ0n) is 12.6. The van der Waals surface area contributed by atoms with Gasteiger partial charge in [0.2, 0.25) is 0 Å². The van der Waals surface area contributed by atoms with Gasteiger partial charge in [-0.3, -0.25) is 4.90 Å². The summed E-state index contributed by atoms with van der Waals surface area (Å²) in [5.74, 6) is 0. The lowest BCUT2D eigenvalue weighted by atomic mass is 9.82. The summed E-state index contributed by atoms with van der Waals surface area (Å²) in [5.41, 5.74) is 2.42. The van der Waals surface area contributed by atoms with Gasteiger partial charge in [-0.1, -0.05) is 30.3 Å². The number of aliphatic hydroxyl groups excluding tert-OH is 1. The molecule has 1 aromatic carbocycles. The fourth-order valence-corrected chi connectivity index (χ4v) is 4.72. The predicted octanol–water partition coefficient (Wildman–Crippen LogP) is 3.13. The van der Waals surface area contributed by atoms with Crippen molar-refractivity contribution >= 4 is 11.3 Å². The fraction of sp³-hybridized carbons (Fsp3) is 0.444. The maximum atomic E-state index is 10.1. The van der Waals surface area contributed by atoms with Gasteiger partial charge in [0.1, 0.15) is 0 Å². The highest BCUT2D eigenvalue weighted by Gasteiger charge is 2.43. The normalized spacial score (nSPS) is 24.3. The van der Waals surface area contributed by atoms with E-state index in [1.54, 1.807) is 11.3 Å². The molecular formula is C18H21NO2S. The van der Waals surface area contributed by atoms with Crippen LogP contribution in [0.5, 0.6) is 0 Å². The van der Waals surface area contributed by atoms with Gasteiger partial charge >= 0.3 is 0 Å². The van der Waals surface area contributed by atoms with Crippen molar-refractivity contribution in [1.82, 2.24) is 4.90 Å². The van der Waals surface area contributed by atoms with Crippen molar-refractivity contribution in [1.29, 1.82) is 0 Å². The van der Waals surface area contributed by atoms with Crippen molar-refractivity contribution in [2.24, 2.45) is 0 Å². The molecule has 0 amide bonds. The van der Waals surface area contributed by atoms with Crippen molar-refractivity contribution < 1.29 is 9.84 Å². The van der Waals surface area contributed by atoms with Gasteiger partial charge in [-0.2, -0.15) is 0 Å². The van der Waals surface area contributed by atoms with Crippen LogP contribution in [-0.4, -0.2) is 29.4 Å². The lowest BCUT2D eigenvalue weighted by Crippen LogP contribution is -2.48. The Morgan fingerprint density at radius 3 is 2.73 bits per heavy atom. The number of benzene rings is 1. The molecule has 0 saturated carbocycles. The van der Waals surface area contributed by atoms with E-state index in [2.05, 4.69) is 46.7 Å². The topological polar surface area (TPSA) is 32.7 Å². The molecule has 0 bridgehead atoms. The second-order valence-electron chi connectivity index (χ2n) is 6.29. The van der Waals surface area contributed by atoms with Crippen molar-refractivity contribution in [3.63, 3.8) is 0 Å². The summed E-state index contributed by atoms with van der Waals surface area (Å²) < 4.78 is 6.03. The first-order valence-corrected chi connectivity index (χ1v) is 8.82. The predicted molar refractivity (Wildman–Crippen MR) is 87.7 cm³/mol. The smallest absolute Gasteiger partial charge is 0.160 e. The van der Waals surface area contributed by atoms with Crippen LogP contribution in [0.1, 0.15) is 28.8 Å². The minimum absolute atomic E-state index is 0.264. The van der Waals surface area contributed by atoms with Gasteiger partial charge in [-0.25, -0.2) is 0 Å². The summed E-state index contributed by atoms with van der Waals surface area (Å²) >= 11 is 1.75. The number of rotatable bonds is 2. The van der Waals surface area contributed by atoms with Gasteiger partial charge < -0.3 is 9.84 Å². The Bertz CT molecular complexity index is 632. The Hall–Kier alpha value is -1.20. The Labute approximate surface area is 135 Å². The van der Waals surface area contributed by atoms with Crippen LogP contribution in [0, 0.1) is 0 Å². The van der Waals surface area contributed by atoms with Gasteiger partial charge in [-0.05, 0) is 35.4 Å². The van der Waals surface area contributed by atoms with Crippen LogP contribution >= 0.6 is 11.3 Å². The van der Waals surface area contributed by atoms with Crippen LogP contribution in [0.3, 0.4) is 0 Å². The van der Waals surface area contributed by atoms with Crippen LogP contribution in [-0.2, 0) is 23.3 Å². The molecule has 1 spiro atoms. The minimum Gasteiger partial charge on any atom is -0.368 e. The highest BCUT2D eigenvalue weighted by Crippen LogP contribution is 2.44. The first-order valence-electron chi connectivity index (χ1n) is 7.94. The lowest BCUT2D eigenvalue weighted by Gasteiger charge is -2.45. The quantitative estimate of drug-likeness (QED) is 0.924. The van der Waals surface area contributed by atoms with E-state index < -0.39 is 6.29 Å². The van der Waals surface area contributed by atoms with E-state index in [4.69, 9.17) is 4.74 Å². The molecule has 1 atom stereocenters. The maximum Gasteiger partial charge on any atom is 0.160 e. The molecule has 1 N–H and O–H groups in total. The number of thiophene rings is 1. The van der Waals surface area contributed by atoms with Gasteiger partial charge in [0.05, 0.1) is 5.60 Å². The molecule has 1 saturated heterocycles. The third kappa shape index (κ3) is 2.61. The molecule has 4 heteroatoms. The summed E-state index contributed by atoms with van der Waals surface area (Å²) in [5, 5.41) is 12.2. The van der Waals surface area contributed by atoms with E-state index in [0.29, 0.717) is 6.42 Å². The molecule has 2 aliphatic heterocycles. The Morgan fingerprint density at radius 1 is 1.18 bits per heavy atom. The van der Waals surface area contributed by atoms with E-state index in [1.165, 1.54) is 16.0 Å². The van der Waals surface area contributed by atoms with Crippen LogP contribution in [0.4, 0.5) is 0 Å². The van der Waals surface area contributed by atoms with Crippen LogP contribution < -0.4 is 0 Å². The second-order valence-corrected chi connectivity index (χ2v) is 7.29. The Balaban J connectivity index is 1.48. The number of nitrogens with zero attached hydrogens (tertiary/aromatic N) is 1. The number of likely N-dealkylation sites (tertiary alicyclic amines) is 1. The molecule has 2 aliphatic rings. The third-order valence-electron chi connectivity index (χ3n) is 4.87. The number of piperidine rings is 1. The zero-order valence-corrected chi connectivity index (χ0v) is 13.4. The van der Waals surface area contributed by atoms with Gasteiger partial charge in [0, 0.05) is 30.9 Å². The van der Waals surface area contributed by atoms with Crippen LogP contribution in [0.2, 0.25) is 0 Å². The van der Waals surface area contributed by atoms with Crippen LogP contribution in [0.25, 0.3) is 0 Å². The third-order valence-corrected chi connectivity index (χ3v) is 5.81. The van der Waals surface area contributed by atoms with Gasteiger partial charge in [0.25, 0.3) is 0 Å². The average Bonchev–Trinajstić information content (AvgIpc) is 3.00. The summed E-state index contributed by atoms with van der Waals surface area (Å²) in [4.78, 5) is 3.78. The fourth-order valence-electron chi connectivity index (χ4n) is 3.73. The maximum absolute atomic E-state index is 10.1. The molecule has 3 heterocycles. The number of hydrogen-bond donors (Lipinski definition) is 1. The minimum atomic E-state index is -0.646. The lowest BCUT2D eigenvalue weighted by molar-refractivity contribution is -0.214. The molecule has 1 aromatic heterocycles. The van der Waals surface area contributed by atoms with E-state index in [-0.39, 0.29) is 5.60 Å². The van der Waals surface area contributed by atoms with E-state index in [0.717, 1.165) is 32.5 Å². The first kappa shape index (κ1) is 14.4. The van der Waals surface area contributed by atoms with E-state index >= 15 is 0 Å². The Kier molecular flexibility index (Phi) is 3.78. The van der Waals surface area contributed by atoms with Crippen molar-refractivity contribution in [3.05, 3.63) is 57.8 Å². The van der Waals surface area contributed by atoms with Crippen LogP contribution in [0.15, 0.2) is 41.8 Å². The molecule has 0 aliphatic carbocycles. The summed E-state index contributed by atoms with van der Waals surface area (Å²) in [6.07, 6.45) is 1.91. The number of ether oxygens (including phenoxy) is 1. The molecule has 116 valence electrons. The monoisotopic (exact) mass is 315 g/mol. The molecule has 1 unspecified atom stereocenters. The average molecular weight is 315 g/mol. The van der Waals surface area contributed by atoms with Gasteiger partial charge in [0.15, 0.2) is 6.29 Å². The molecule has 22 heavy (non-hydrogen) atoms. The second kappa shape index (κ2) is 5.78. The van der Waals surface area contributed by atoms with E-state index in [9.17, 15) is 5.11 Å². The summed E-state index contributed by atoms with van der Waals surface area (Å²) in [6, 6.07) is 12.8. The van der Waals surface area contributed by atoms with Crippen molar-refractivity contribution in [3.8, 4) is 0 Å². The number of aliphatic hydroxyl groups is 1. The number of hydrogen-bond acceptors (Lipinski definition) is 4. The summed E-state index contributed by atoms with van der Waals surface area (Å²) in [6.45, 7) is 3.02. The largest absolute Gasteiger partial charge is 0.368 e. The highest BCUT2D eigenvalue weighted by molar-refractivity contribution is 7.10. The molecule has 0 radical (unpaired) electrons. The highest BCUT2D eigenvalue weighted by atomic mass is 32.1. The molecule has 2 aromatic rings. The molecule has 4 rings (SSSR count). The van der Waals surface area contributed by atoms with Crippen molar-refractivity contribution in [2.45, 2.75) is 37.7 Å². The molecular weight excluding hydrogens is 294 g/mol. The zero-order chi connectivity index (χ0) is 15.0. The molecule has 3 nitrogen and oxygen atoms in total. The number of fused-ring (bicyclic) bond motifs is 2. The van der Waals surface area contributed by atoms with Gasteiger partial charge in [-0.15, -0.1) is 11.3 Å². The standard InChI is InChI=1S/C18H21NO2S/c20-17-12-16-15(6-11-22-16)18(21-17)7-9-19(10-8-18)13-14-4-2-1-3-5-14/h1-6,11,17,20H,7-10,12-13H2. The Morgan fingerprint density at radius 2 is 1.95 bits per heavy atom. The SMILES string of the molecule is OC1Cc2sccc2C2(CCN(Cc3ccccc3)CC2)O1. The van der Waals surface area contributed by atoms with E-state index in [1.807, 2.05) is 0 Å². The first-order chi connectivity index (χ1) is 10.8.